The molecule has 182 valence electrons. The Hall–Kier alpha value is -3.55. The predicted molar refractivity (Wildman–Crippen MR) is 141 cm³/mol. The van der Waals surface area contributed by atoms with Gasteiger partial charge in [-0.05, 0) is 71.3 Å². The number of aliphatic hydroxyl groups excluding tert-OH is 1. The van der Waals surface area contributed by atoms with Crippen molar-refractivity contribution in [2.45, 2.75) is 53.1 Å². The van der Waals surface area contributed by atoms with Gasteiger partial charge in [0.1, 0.15) is 11.9 Å². The summed E-state index contributed by atoms with van der Waals surface area (Å²) >= 11 is 0. The lowest BCUT2D eigenvalue weighted by atomic mass is 9.79. The first-order valence-corrected chi connectivity index (χ1v) is 11.9. The molecule has 0 radical (unpaired) electrons. The Kier molecular flexibility index (Phi) is 8.04. The quantitative estimate of drug-likeness (QED) is 0.390. The predicted octanol–water partition coefficient (Wildman–Crippen LogP) is 6.78. The summed E-state index contributed by atoms with van der Waals surface area (Å²) in [7, 11) is 0. The third kappa shape index (κ3) is 6.74. The molecule has 1 unspecified atom stereocenters. The zero-order valence-electron chi connectivity index (χ0n) is 21.3. The number of benzene rings is 3. The van der Waals surface area contributed by atoms with Gasteiger partial charge in [0.15, 0.2) is 0 Å². The lowest BCUT2D eigenvalue weighted by molar-refractivity contribution is 0.0697. The van der Waals surface area contributed by atoms with E-state index in [1.807, 2.05) is 12.1 Å². The van der Waals surface area contributed by atoms with E-state index < -0.39 is 12.1 Å². The summed E-state index contributed by atoms with van der Waals surface area (Å²) in [5.74, 6) is 5.99. The Labute approximate surface area is 208 Å². The molecule has 0 saturated heterocycles. The van der Waals surface area contributed by atoms with Gasteiger partial charge < -0.3 is 14.9 Å². The second-order valence-corrected chi connectivity index (χ2v) is 10.3. The zero-order chi connectivity index (χ0) is 25.8. The maximum atomic E-state index is 11.1. The van der Waals surface area contributed by atoms with E-state index in [1.54, 1.807) is 12.1 Å². The van der Waals surface area contributed by atoms with Crippen molar-refractivity contribution in [3.05, 3.63) is 88.5 Å². The van der Waals surface area contributed by atoms with Gasteiger partial charge in [0, 0.05) is 11.1 Å². The standard InChI is InChI=1S/C31H34O4/c1-20(2)19-35-28-18-25(27(32)16-11-22-9-14-24(15-10-22)30(33)34)17-26(29(28)31(4,5)6)23-12-7-21(3)8-13-23/h7-10,12-15,17-18,20,27,32H,19H2,1-6H3,(H,33,34). The van der Waals surface area contributed by atoms with Crippen LogP contribution in [0.5, 0.6) is 5.75 Å². The van der Waals surface area contributed by atoms with Crippen molar-refractivity contribution < 1.29 is 19.7 Å². The van der Waals surface area contributed by atoms with Crippen LogP contribution in [0.2, 0.25) is 0 Å². The Morgan fingerprint density at radius 3 is 2.17 bits per heavy atom. The van der Waals surface area contributed by atoms with E-state index >= 15 is 0 Å². The molecule has 0 bridgehead atoms. The smallest absolute Gasteiger partial charge is 0.335 e. The van der Waals surface area contributed by atoms with Crippen LogP contribution in [0.4, 0.5) is 0 Å². The normalized spacial score (nSPS) is 12.1. The first kappa shape index (κ1) is 26.1. The number of carboxylic acid groups (broad SMARTS) is 1. The number of carbonyl (C=O) groups is 1. The molecule has 3 rings (SSSR count). The van der Waals surface area contributed by atoms with Gasteiger partial charge in [0.25, 0.3) is 0 Å². The molecule has 0 aliphatic heterocycles. The van der Waals surface area contributed by atoms with Crippen LogP contribution in [0.15, 0.2) is 60.7 Å². The fourth-order valence-electron chi connectivity index (χ4n) is 3.83. The van der Waals surface area contributed by atoms with Crippen LogP contribution in [0.25, 0.3) is 11.1 Å². The number of aliphatic hydroxyl groups is 1. The van der Waals surface area contributed by atoms with Crippen molar-refractivity contribution in [3.63, 3.8) is 0 Å². The molecule has 1 atom stereocenters. The van der Waals surface area contributed by atoms with Crippen molar-refractivity contribution in [2.24, 2.45) is 5.92 Å². The maximum absolute atomic E-state index is 11.1. The molecule has 35 heavy (non-hydrogen) atoms. The molecule has 0 aliphatic rings. The van der Waals surface area contributed by atoms with Gasteiger partial charge in [-0.15, -0.1) is 0 Å². The van der Waals surface area contributed by atoms with E-state index in [4.69, 9.17) is 9.84 Å². The van der Waals surface area contributed by atoms with E-state index in [1.165, 1.54) is 17.7 Å². The van der Waals surface area contributed by atoms with Crippen LogP contribution in [-0.2, 0) is 5.41 Å². The van der Waals surface area contributed by atoms with Gasteiger partial charge in [-0.25, -0.2) is 4.79 Å². The number of aryl methyl sites for hydroxylation is 1. The molecule has 4 heteroatoms. The Bertz CT molecular complexity index is 1230. The van der Waals surface area contributed by atoms with Gasteiger partial charge in [-0.1, -0.05) is 76.3 Å². The van der Waals surface area contributed by atoms with E-state index in [2.05, 4.69) is 77.6 Å². The van der Waals surface area contributed by atoms with Gasteiger partial charge >= 0.3 is 5.97 Å². The molecule has 0 aromatic heterocycles. The highest BCUT2D eigenvalue weighted by molar-refractivity contribution is 5.87. The van der Waals surface area contributed by atoms with E-state index in [0.29, 0.717) is 23.7 Å². The summed E-state index contributed by atoms with van der Waals surface area (Å²) in [4.78, 5) is 11.1. The molecule has 3 aromatic carbocycles. The van der Waals surface area contributed by atoms with Gasteiger partial charge in [-0.2, -0.15) is 0 Å². The molecule has 0 saturated carbocycles. The molecule has 0 fully saturated rings. The monoisotopic (exact) mass is 470 g/mol. The molecular weight excluding hydrogens is 436 g/mol. The summed E-state index contributed by atoms with van der Waals surface area (Å²) in [6.45, 7) is 13.3. The van der Waals surface area contributed by atoms with Crippen LogP contribution in [-0.4, -0.2) is 22.8 Å². The average Bonchev–Trinajstić information content (AvgIpc) is 2.80. The minimum absolute atomic E-state index is 0.187. The van der Waals surface area contributed by atoms with Crippen LogP contribution in [0.1, 0.15) is 73.3 Å². The molecule has 0 spiro atoms. The fourth-order valence-corrected chi connectivity index (χ4v) is 3.83. The Morgan fingerprint density at radius 2 is 1.63 bits per heavy atom. The van der Waals surface area contributed by atoms with E-state index in [9.17, 15) is 9.90 Å². The lowest BCUT2D eigenvalue weighted by Gasteiger charge is -2.28. The van der Waals surface area contributed by atoms with Crippen LogP contribution < -0.4 is 4.74 Å². The molecule has 3 aromatic rings. The zero-order valence-corrected chi connectivity index (χ0v) is 21.3. The molecule has 0 heterocycles. The second kappa shape index (κ2) is 10.8. The first-order chi connectivity index (χ1) is 16.5. The summed E-state index contributed by atoms with van der Waals surface area (Å²) in [6.07, 6.45) is -1.03. The highest BCUT2D eigenvalue weighted by Gasteiger charge is 2.26. The summed E-state index contributed by atoms with van der Waals surface area (Å²) in [6, 6.07) is 18.5. The minimum Gasteiger partial charge on any atom is -0.493 e. The highest BCUT2D eigenvalue weighted by Crippen LogP contribution is 2.42. The SMILES string of the molecule is Cc1ccc(-c2cc(C(O)C#Cc3ccc(C(=O)O)cc3)cc(OCC(C)C)c2C(C)(C)C)cc1. The maximum Gasteiger partial charge on any atom is 0.335 e. The van der Waals surface area contributed by atoms with Crippen molar-refractivity contribution in [1.29, 1.82) is 0 Å². The summed E-state index contributed by atoms with van der Waals surface area (Å²) in [5, 5.41) is 20.1. The van der Waals surface area contributed by atoms with Crippen LogP contribution in [0, 0.1) is 24.7 Å². The number of hydrogen-bond donors (Lipinski definition) is 2. The molecular formula is C31H34O4. The Morgan fingerprint density at radius 1 is 1.00 bits per heavy atom. The summed E-state index contributed by atoms with van der Waals surface area (Å²) in [5.41, 5.74) is 5.64. The van der Waals surface area contributed by atoms with Gasteiger partial charge in [-0.3, -0.25) is 0 Å². The first-order valence-electron chi connectivity index (χ1n) is 11.9. The molecule has 0 amide bonds. The number of ether oxygens (including phenoxy) is 1. The molecule has 2 N–H and O–H groups in total. The third-order valence-electron chi connectivity index (χ3n) is 5.61. The van der Waals surface area contributed by atoms with Gasteiger partial charge in [0.2, 0.25) is 0 Å². The number of hydrogen-bond acceptors (Lipinski definition) is 3. The topological polar surface area (TPSA) is 66.8 Å². The van der Waals surface area contributed by atoms with Crippen LogP contribution >= 0.6 is 0 Å². The van der Waals surface area contributed by atoms with Crippen molar-refractivity contribution in [3.8, 4) is 28.7 Å². The lowest BCUT2D eigenvalue weighted by Crippen LogP contribution is -2.17. The van der Waals surface area contributed by atoms with E-state index in [-0.39, 0.29) is 11.0 Å². The number of carboxylic acids is 1. The fraction of sp³-hybridized carbons (Fsp3) is 0.323. The Balaban J connectivity index is 2.10. The number of aromatic carboxylic acids is 1. The average molecular weight is 471 g/mol. The summed E-state index contributed by atoms with van der Waals surface area (Å²) < 4.78 is 6.29. The van der Waals surface area contributed by atoms with Crippen molar-refractivity contribution >= 4 is 5.97 Å². The minimum atomic E-state index is -1.03. The molecule has 4 nitrogen and oxygen atoms in total. The van der Waals surface area contributed by atoms with Gasteiger partial charge in [0.05, 0.1) is 12.2 Å². The molecule has 0 aliphatic carbocycles. The largest absolute Gasteiger partial charge is 0.493 e. The van der Waals surface area contributed by atoms with E-state index in [0.717, 1.165) is 22.4 Å². The second-order valence-electron chi connectivity index (χ2n) is 10.3. The van der Waals surface area contributed by atoms with Crippen molar-refractivity contribution in [1.82, 2.24) is 0 Å². The highest BCUT2D eigenvalue weighted by atomic mass is 16.5. The van der Waals surface area contributed by atoms with Crippen molar-refractivity contribution in [2.75, 3.05) is 6.61 Å². The van der Waals surface area contributed by atoms with Crippen LogP contribution in [0.3, 0.4) is 0 Å². The third-order valence-corrected chi connectivity index (χ3v) is 5.61. The number of rotatable bonds is 6.